The van der Waals surface area contributed by atoms with E-state index in [0.29, 0.717) is 0 Å². The molecule has 5 heteroatoms. The lowest BCUT2D eigenvalue weighted by molar-refractivity contribution is -0.124. The van der Waals surface area contributed by atoms with E-state index in [1.54, 1.807) is 6.92 Å². The van der Waals surface area contributed by atoms with Gasteiger partial charge in [-0.1, -0.05) is 13.0 Å². The van der Waals surface area contributed by atoms with Gasteiger partial charge in [-0.2, -0.15) is 0 Å². The van der Waals surface area contributed by atoms with Gasteiger partial charge in [-0.15, -0.1) is 0 Å². The van der Waals surface area contributed by atoms with Gasteiger partial charge < -0.3 is 10.6 Å². The molecule has 2 N–H and O–H groups in total. The number of hydrogen-bond donors (Lipinski definition) is 2. The summed E-state index contributed by atoms with van der Waals surface area (Å²) >= 11 is 0. The fourth-order valence-electron chi connectivity index (χ4n) is 2.49. The topological polar surface area (TPSA) is 41.1 Å². The van der Waals surface area contributed by atoms with E-state index in [-0.39, 0.29) is 23.4 Å². The molecule has 3 unspecified atom stereocenters. The molecule has 104 valence electrons. The highest BCUT2D eigenvalue weighted by atomic mass is 19.1. The highest BCUT2D eigenvalue weighted by Gasteiger charge is 2.30. The molecule has 0 bridgehead atoms. The molecule has 1 saturated heterocycles. The summed E-state index contributed by atoms with van der Waals surface area (Å²) in [7, 11) is 0. The molecule has 1 aromatic rings. The van der Waals surface area contributed by atoms with Crippen molar-refractivity contribution < 1.29 is 13.6 Å². The molecule has 3 nitrogen and oxygen atoms in total. The Morgan fingerprint density at radius 2 is 2.05 bits per heavy atom. The number of benzene rings is 1. The van der Waals surface area contributed by atoms with Crippen LogP contribution in [-0.4, -0.2) is 18.5 Å². The van der Waals surface area contributed by atoms with Crippen molar-refractivity contribution in [2.45, 2.75) is 32.4 Å². The van der Waals surface area contributed by atoms with Crippen molar-refractivity contribution in [3.05, 3.63) is 35.4 Å². The molecule has 19 heavy (non-hydrogen) atoms. The van der Waals surface area contributed by atoms with Crippen molar-refractivity contribution in [1.82, 2.24) is 10.6 Å². The summed E-state index contributed by atoms with van der Waals surface area (Å²) in [4.78, 5) is 12.0. The number of rotatable bonds is 3. The van der Waals surface area contributed by atoms with Crippen molar-refractivity contribution in [3.63, 3.8) is 0 Å². The van der Waals surface area contributed by atoms with Crippen LogP contribution in [0.25, 0.3) is 0 Å². The van der Waals surface area contributed by atoms with Crippen LogP contribution in [0.15, 0.2) is 18.2 Å². The van der Waals surface area contributed by atoms with Gasteiger partial charge in [0.05, 0.1) is 12.1 Å². The Kier molecular flexibility index (Phi) is 4.14. The number of carbonyl (C=O) groups is 1. The second-order valence-electron chi connectivity index (χ2n) is 5.06. The Morgan fingerprint density at radius 1 is 1.42 bits per heavy atom. The highest BCUT2D eigenvalue weighted by Crippen LogP contribution is 2.21. The van der Waals surface area contributed by atoms with Crippen LogP contribution in [0.2, 0.25) is 0 Å². The maximum Gasteiger partial charge on any atom is 0.237 e. The van der Waals surface area contributed by atoms with Gasteiger partial charge in [0.2, 0.25) is 5.91 Å². The molecule has 0 aliphatic carbocycles. The SMILES string of the molecule is CC(NC(=O)C1NCCC1C)c1c(F)cccc1F. The van der Waals surface area contributed by atoms with Gasteiger partial charge in [-0.3, -0.25) is 4.79 Å². The van der Waals surface area contributed by atoms with E-state index in [9.17, 15) is 13.6 Å². The summed E-state index contributed by atoms with van der Waals surface area (Å²) < 4.78 is 27.2. The minimum Gasteiger partial charge on any atom is -0.348 e. The molecule has 0 radical (unpaired) electrons. The average molecular weight is 268 g/mol. The molecular formula is C14H18F2N2O. The monoisotopic (exact) mass is 268 g/mol. The lowest BCUT2D eigenvalue weighted by Crippen LogP contribution is -2.44. The third-order valence-electron chi connectivity index (χ3n) is 3.61. The van der Waals surface area contributed by atoms with Crippen molar-refractivity contribution in [1.29, 1.82) is 0 Å². The summed E-state index contributed by atoms with van der Waals surface area (Å²) in [5.41, 5.74) is -0.0958. The van der Waals surface area contributed by atoms with Gasteiger partial charge in [0, 0.05) is 5.56 Å². The molecule has 0 spiro atoms. The lowest BCUT2D eigenvalue weighted by atomic mass is 10.0. The Hall–Kier alpha value is -1.49. The number of amides is 1. The van der Waals surface area contributed by atoms with E-state index in [1.165, 1.54) is 18.2 Å². The third kappa shape index (κ3) is 2.92. The van der Waals surface area contributed by atoms with Crippen molar-refractivity contribution in [2.75, 3.05) is 6.54 Å². The number of carbonyl (C=O) groups excluding carboxylic acids is 1. The minimum absolute atomic E-state index is 0.0958. The molecule has 1 aromatic carbocycles. The zero-order valence-electron chi connectivity index (χ0n) is 11.0. The van der Waals surface area contributed by atoms with Crippen LogP contribution in [0.4, 0.5) is 8.78 Å². The van der Waals surface area contributed by atoms with E-state index in [4.69, 9.17) is 0 Å². The molecular weight excluding hydrogens is 250 g/mol. The first-order valence-electron chi connectivity index (χ1n) is 6.48. The first-order chi connectivity index (χ1) is 9.00. The smallest absolute Gasteiger partial charge is 0.237 e. The second-order valence-corrected chi connectivity index (χ2v) is 5.06. The molecule has 1 aliphatic rings. The van der Waals surface area contributed by atoms with Gasteiger partial charge in [0.25, 0.3) is 0 Å². The summed E-state index contributed by atoms with van der Waals surface area (Å²) in [5, 5.41) is 5.76. The third-order valence-corrected chi connectivity index (χ3v) is 3.61. The average Bonchev–Trinajstić information content (AvgIpc) is 2.75. The standard InChI is InChI=1S/C14H18F2N2O/c1-8-6-7-17-13(8)14(19)18-9(2)12-10(15)4-3-5-11(12)16/h3-5,8-9,13,17H,6-7H2,1-2H3,(H,18,19). The Morgan fingerprint density at radius 3 is 2.58 bits per heavy atom. The first-order valence-corrected chi connectivity index (χ1v) is 6.48. The van der Waals surface area contributed by atoms with Crippen molar-refractivity contribution in [2.24, 2.45) is 5.92 Å². The number of nitrogens with one attached hydrogen (secondary N) is 2. The molecule has 1 amide bonds. The fourth-order valence-corrected chi connectivity index (χ4v) is 2.49. The van der Waals surface area contributed by atoms with Crippen molar-refractivity contribution >= 4 is 5.91 Å². The largest absolute Gasteiger partial charge is 0.348 e. The van der Waals surface area contributed by atoms with E-state index in [2.05, 4.69) is 10.6 Å². The maximum absolute atomic E-state index is 13.6. The summed E-state index contributed by atoms with van der Waals surface area (Å²) in [5.74, 6) is -1.25. The van der Waals surface area contributed by atoms with Crippen LogP contribution in [0.1, 0.15) is 31.9 Å². The quantitative estimate of drug-likeness (QED) is 0.882. The number of hydrogen-bond acceptors (Lipinski definition) is 2. The summed E-state index contributed by atoms with van der Waals surface area (Å²) in [6, 6.07) is 2.72. The molecule has 0 aromatic heterocycles. The summed E-state index contributed by atoms with van der Waals surface area (Å²) in [6.45, 7) is 4.36. The maximum atomic E-state index is 13.6. The summed E-state index contributed by atoms with van der Waals surface area (Å²) in [6.07, 6.45) is 0.931. The minimum atomic E-state index is -0.691. The Labute approximate surface area is 111 Å². The Balaban J connectivity index is 2.08. The van der Waals surface area contributed by atoms with Crippen LogP contribution in [-0.2, 0) is 4.79 Å². The van der Waals surface area contributed by atoms with Crippen LogP contribution < -0.4 is 10.6 Å². The lowest BCUT2D eigenvalue weighted by Gasteiger charge is -2.20. The molecule has 3 atom stereocenters. The molecule has 1 aliphatic heterocycles. The zero-order valence-corrected chi connectivity index (χ0v) is 11.0. The van der Waals surface area contributed by atoms with Gasteiger partial charge in [0.1, 0.15) is 11.6 Å². The van der Waals surface area contributed by atoms with Gasteiger partial charge in [-0.25, -0.2) is 8.78 Å². The molecule has 2 rings (SSSR count). The predicted octanol–water partition coefficient (Wildman–Crippen LogP) is 2.14. The number of halogens is 2. The van der Waals surface area contributed by atoms with E-state index >= 15 is 0 Å². The Bertz CT molecular complexity index is 458. The predicted molar refractivity (Wildman–Crippen MR) is 68.5 cm³/mol. The van der Waals surface area contributed by atoms with Crippen LogP contribution >= 0.6 is 0 Å². The van der Waals surface area contributed by atoms with E-state index < -0.39 is 17.7 Å². The normalized spacial score (nSPS) is 24.2. The van der Waals surface area contributed by atoms with E-state index in [0.717, 1.165) is 13.0 Å². The highest BCUT2D eigenvalue weighted by molar-refractivity contribution is 5.82. The van der Waals surface area contributed by atoms with Crippen LogP contribution in [0, 0.1) is 17.6 Å². The van der Waals surface area contributed by atoms with Crippen molar-refractivity contribution in [3.8, 4) is 0 Å². The van der Waals surface area contributed by atoms with Gasteiger partial charge >= 0.3 is 0 Å². The molecule has 0 saturated carbocycles. The van der Waals surface area contributed by atoms with Gasteiger partial charge in [-0.05, 0) is 37.9 Å². The fraction of sp³-hybridized carbons (Fsp3) is 0.500. The second kappa shape index (κ2) is 5.65. The molecule has 1 fully saturated rings. The molecule has 1 heterocycles. The first kappa shape index (κ1) is 13.9. The van der Waals surface area contributed by atoms with Gasteiger partial charge in [0.15, 0.2) is 0 Å². The van der Waals surface area contributed by atoms with E-state index in [1.807, 2.05) is 6.92 Å². The zero-order chi connectivity index (χ0) is 14.0. The van der Waals surface area contributed by atoms with Crippen LogP contribution in [0.3, 0.4) is 0 Å². The van der Waals surface area contributed by atoms with Crippen LogP contribution in [0.5, 0.6) is 0 Å².